The van der Waals surface area contributed by atoms with E-state index in [1.807, 2.05) is 13.8 Å². The van der Waals surface area contributed by atoms with Gasteiger partial charge in [-0.1, -0.05) is 6.07 Å². The quantitative estimate of drug-likeness (QED) is 0.811. The van der Waals surface area contributed by atoms with Crippen LogP contribution in [0.1, 0.15) is 37.6 Å². The van der Waals surface area contributed by atoms with Crippen LogP contribution in [0.15, 0.2) is 17.5 Å². The van der Waals surface area contributed by atoms with Gasteiger partial charge < -0.3 is 5.32 Å². The van der Waals surface area contributed by atoms with E-state index in [1.54, 1.807) is 11.3 Å². The Bertz CT molecular complexity index is 505. The van der Waals surface area contributed by atoms with Gasteiger partial charge in [-0.15, -0.1) is 11.3 Å². The zero-order valence-electron chi connectivity index (χ0n) is 11.6. The van der Waals surface area contributed by atoms with Crippen molar-refractivity contribution in [1.29, 1.82) is 0 Å². The van der Waals surface area contributed by atoms with Crippen LogP contribution in [0.2, 0.25) is 0 Å². The molecule has 0 aliphatic heterocycles. The molecular weight excluding hydrogens is 280 g/mol. The summed E-state index contributed by atoms with van der Waals surface area (Å²) in [6, 6.07) is 4.58. The van der Waals surface area contributed by atoms with Crippen LogP contribution < -0.4 is 10.0 Å². The van der Waals surface area contributed by atoms with E-state index in [2.05, 4.69) is 27.6 Å². The van der Waals surface area contributed by atoms with Crippen LogP contribution in [-0.4, -0.2) is 26.8 Å². The smallest absolute Gasteiger partial charge is 0.209 e. The Hall–Kier alpha value is -0.430. The summed E-state index contributed by atoms with van der Waals surface area (Å²) in [7, 11) is -3.18. The molecule has 0 radical (unpaired) electrons. The van der Waals surface area contributed by atoms with E-state index in [0.29, 0.717) is 18.5 Å². The van der Waals surface area contributed by atoms with Crippen molar-refractivity contribution < 1.29 is 8.42 Å². The molecule has 0 aromatic carbocycles. The predicted octanol–water partition coefficient (Wildman–Crippen LogP) is 2.12. The van der Waals surface area contributed by atoms with Gasteiger partial charge in [0.1, 0.15) is 0 Å². The third-order valence-corrected chi connectivity index (χ3v) is 5.05. The highest BCUT2D eigenvalue weighted by molar-refractivity contribution is 7.88. The minimum Gasteiger partial charge on any atom is -0.307 e. The summed E-state index contributed by atoms with van der Waals surface area (Å²) in [5.74, 6) is 0.702. The minimum absolute atomic E-state index is 0.362. The zero-order chi connectivity index (χ0) is 14.1. The minimum atomic E-state index is -3.18. The van der Waals surface area contributed by atoms with Gasteiger partial charge >= 0.3 is 0 Å². The molecule has 1 aromatic heterocycles. The molecule has 1 atom stereocenters. The SMILES string of the molecule is CC(C)(CNC(c1cccs1)C1CC1)NS(C)(=O)=O. The lowest BCUT2D eigenvalue weighted by Gasteiger charge is -2.28. The molecule has 2 rings (SSSR count). The van der Waals surface area contributed by atoms with Crippen molar-refractivity contribution in [1.82, 2.24) is 10.0 Å². The van der Waals surface area contributed by atoms with Gasteiger partial charge in [0.15, 0.2) is 0 Å². The molecule has 2 N–H and O–H groups in total. The van der Waals surface area contributed by atoms with Crippen LogP contribution in [0.3, 0.4) is 0 Å². The summed E-state index contributed by atoms with van der Waals surface area (Å²) >= 11 is 1.76. The van der Waals surface area contributed by atoms with Gasteiger partial charge in [-0.05, 0) is 44.1 Å². The molecule has 0 amide bonds. The van der Waals surface area contributed by atoms with Gasteiger partial charge in [-0.2, -0.15) is 0 Å². The molecule has 19 heavy (non-hydrogen) atoms. The van der Waals surface area contributed by atoms with Crippen LogP contribution >= 0.6 is 11.3 Å². The lowest BCUT2D eigenvalue weighted by atomic mass is 10.1. The molecule has 0 bridgehead atoms. The molecule has 1 heterocycles. The number of sulfonamides is 1. The Balaban J connectivity index is 1.96. The molecule has 1 aromatic rings. The summed E-state index contributed by atoms with van der Waals surface area (Å²) in [6.07, 6.45) is 3.72. The zero-order valence-corrected chi connectivity index (χ0v) is 13.3. The normalized spacial score (nSPS) is 18.5. The highest BCUT2D eigenvalue weighted by Crippen LogP contribution is 2.42. The highest BCUT2D eigenvalue weighted by atomic mass is 32.2. The third kappa shape index (κ3) is 4.87. The Morgan fingerprint density at radius 1 is 1.47 bits per heavy atom. The van der Waals surface area contributed by atoms with E-state index >= 15 is 0 Å². The van der Waals surface area contributed by atoms with E-state index in [0.717, 1.165) is 0 Å². The average molecular weight is 302 g/mol. The van der Waals surface area contributed by atoms with E-state index in [1.165, 1.54) is 24.0 Å². The van der Waals surface area contributed by atoms with E-state index < -0.39 is 15.6 Å². The lowest BCUT2D eigenvalue weighted by Crippen LogP contribution is -2.50. The van der Waals surface area contributed by atoms with Crippen LogP contribution in [0.25, 0.3) is 0 Å². The third-order valence-electron chi connectivity index (χ3n) is 3.17. The molecule has 1 fully saturated rings. The summed E-state index contributed by atoms with van der Waals surface area (Å²) in [5.41, 5.74) is -0.474. The topological polar surface area (TPSA) is 58.2 Å². The van der Waals surface area contributed by atoms with Gasteiger partial charge in [0.05, 0.1) is 6.26 Å². The fraction of sp³-hybridized carbons (Fsp3) is 0.692. The van der Waals surface area contributed by atoms with Crippen molar-refractivity contribution in [2.24, 2.45) is 5.92 Å². The maximum atomic E-state index is 11.3. The van der Waals surface area contributed by atoms with Crippen molar-refractivity contribution in [2.45, 2.75) is 38.3 Å². The Labute approximate surface area is 119 Å². The molecular formula is C13H22N2O2S2. The molecule has 108 valence electrons. The monoisotopic (exact) mass is 302 g/mol. The van der Waals surface area contributed by atoms with Crippen molar-refractivity contribution in [3.05, 3.63) is 22.4 Å². The number of thiophene rings is 1. The summed E-state index contributed by atoms with van der Waals surface area (Å²) < 4.78 is 25.3. The molecule has 1 aliphatic rings. The molecule has 1 aliphatic carbocycles. The fourth-order valence-corrected chi connectivity index (χ4v) is 4.27. The maximum absolute atomic E-state index is 11.3. The second-order valence-electron chi connectivity index (χ2n) is 5.97. The number of hydrogen-bond donors (Lipinski definition) is 2. The summed E-state index contributed by atoms with van der Waals surface area (Å²) in [5, 5.41) is 5.62. The largest absolute Gasteiger partial charge is 0.307 e. The van der Waals surface area contributed by atoms with E-state index in [9.17, 15) is 8.42 Å². The van der Waals surface area contributed by atoms with Crippen molar-refractivity contribution in [3.8, 4) is 0 Å². The Kier molecular flexibility index (Phi) is 4.35. The van der Waals surface area contributed by atoms with Crippen molar-refractivity contribution >= 4 is 21.4 Å². The first-order valence-electron chi connectivity index (χ1n) is 6.53. The van der Waals surface area contributed by atoms with Crippen LogP contribution in [-0.2, 0) is 10.0 Å². The maximum Gasteiger partial charge on any atom is 0.209 e. The summed E-state index contributed by atoms with van der Waals surface area (Å²) in [6.45, 7) is 4.43. The fourth-order valence-electron chi connectivity index (χ4n) is 2.30. The Morgan fingerprint density at radius 3 is 2.63 bits per heavy atom. The van der Waals surface area contributed by atoms with Crippen LogP contribution in [0.4, 0.5) is 0 Å². The van der Waals surface area contributed by atoms with Gasteiger partial charge in [0, 0.05) is 23.0 Å². The van der Waals surface area contributed by atoms with E-state index in [4.69, 9.17) is 0 Å². The standard InChI is InChI=1S/C13H22N2O2S2/c1-13(2,15-19(3,16)17)9-14-12(10-6-7-10)11-5-4-8-18-11/h4-5,8,10,12,14-15H,6-7,9H2,1-3H3. The van der Waals surface area contributed by atoms with Crippen molar-refractivity contribution in [3.63, 3.8) is 0 Å². The first-order valence-corrected chi connectivity index (χ1v) is 9.30. The van der Waals surface area contributed by atoms with E-state index in [-0.39, 0.29) is 0 Å². The predicted molar refractivity (Wildman–Crippen MR) is 79.8 cm³/mol. The molecule has 1 unspecified atom stereocenters. The molecule has 4 nitrogen and oxygen atoms in total. The number of hydrogen-bond acceptors (Lipinski definition) is 4. The number of rotatable bonds is 7. The van der Waals surface area contributed by atoms with Gasteiger partial charge in [-0.25, -0.2) is 13.1 Å². The highest BCUT2D eigenvalue weighted by Gasteiger charge is 2.34. The second-order valence-corrected chi connectivity index (χ2v) is 8.70. The first kappa shape index (κ1) is 15.0. The van der Waals surface area contributed by atoms with Crippen LogP contribution in [0.5, 0.6) is 0 Å². The van der Waals surface area contributed by atoms with Gasteiger partial charge in [0.2, 0.25) is 10.0 Å². The molecule has 1 saturated carbocycles. The summed E-state index contributed by atoms with van der Waals surface area (Å²) in [4.78, 5) is 1.35. The van der Waals surface area contributed by atoms with Gasteiger partial charge in [0.25, 0.3) is 0 Å². The van der Waals surface area contributed by atoms with Crippen molar-refractivity contribution in [2.75, 3.05) is 12.8 Å². The molecule has 6 heteroatoms. The van der Waals surface area contributed by atoms with Gasteiger partial charge in [-0.3, -0.25) is 0 Å². The molecule has 0 saturated heterocycles. The average Bonchev–Trinajstić information content (AvgIpc) is 2.90. The van der Waals surface area contributed by atoms with Crippen LogP contribution in [0, 0.1) is 5.92 Å². The Morgan fingerprint density at radius 2 is 2.16 bits per heavy atom. The lowest BCUT2D eigenvalue weighted by molar-refractivity contribution is 0.377. The second kappa shape index (κ2) is 5.52. The molecule has 0 spiro atoms. The number of nitrogens with one attached hydrogen (secondary N) is 2. The first-order chi connectivity index (χ1) is 8.77.